The Labute approximate surface area is 170 Å². The second-order valence-corrected chi connectivity index (χ2v) is 6.61. The SMILES string of the molecule is COc1ccccc1N1CCN(C(=O)COC(=O)CCOc2ccccc2)CC1. The Morgan fingerprint density at radius 1 is 0.931 bits per heavy atom. The van der Waals surface area contributed by atoms with E-state index < -0.39 is 5.97 Å². The van der Waals surface area contributed by atoms with E-state index >= 15 is 0 Å². The molecule has 1 saturated heterocycles. The molecule has 0 aromatic heterocycles. The normalized spacial score (nSPS) is 13.7. The summed E-state index contributed by atoms with van der Waals surface area (Å²) in [5.74, 6) is 0.896. The molecule has 0 spiro atoms. The van der Waals surface area contributed by atoms with E-state index in [1.165, 1.54) is 0 Å². The number of ether oxygens (including phenoxy) is 3. The fourth-order valence-corrected chi connectivity index (χ4v) is 3.16. The van der Waals surface area contributed by atoms with Crippen LogP contribution in [0.4, 0.5) is 5.69 Å². The van der Waals surface area contributed by atoms with E-state index in [2.05, 4.69) is 4.90 Å². The van der Waals surface area contributed by atoms with Gasteiger partial charge in [-0.2, -0.15) is 0 Å². The fourth-order valence-electron chi connectivity index (χ4n) is 3.16. The minimum atomic E-state index is -0.443. The third-order valence-electron chi connectivity index (χ3n) is 4.73. The molecule has 0 atom stereocenters. The van der Waals surface area contributed by atoms with Gasteiger partial charge in [-0.15, -0.1) is 0 Å². The van der Waals surface area contributed by atoms with Gasteiger partial charge < -0.3 is 24.0 Å². The highest BCUT2D eigenvalue weighted by molar-refractivity contribution is 5.81. The maximum atomic E-state index is 12.3. The van der Waals surface area contributed by atoms with Crippen LogP contribution in [-0.4, -0.2) is 63.3 Å². The predicted octanol–water partition coefficient (Wildman–Crippen LogP) is 2.36. The number of piperazine rings is 1. The zero-order valence-electron chi connectivity index (χ0n) is 16.6. The number of hydrogen-bond acceptors (Lipinski definition) is 6. The Balaban J connectivity index is 1.37. The Morgan fingerprint density at radius 2 is 1.62 bits per heavy atom. The third-order valence-corrected chi connectivity index (χ3v) is 4.73. The van der Waals surface area contributed by atoms with Gasteiger partial charge in [0.15, 0.2) is 6.61 Å². The summed E-state index contributed by atoms with van der Waals surface area (Å²) in [7, 11) is 1.65. The Kier molecular flexibility index (Phi) is 7.33. The number of rotatable bonds is 8. The van der Waals surface area contributed by atoms with Gasteiger partial charge in [-0.25, -0.2) is 0 Å². The molecule has 0 bridgehead atoms. The highest BCUT2D eigenvalue weighted by atomic mass is 16.5. The van der Waals surface area contributed by atoms with Gasteiger partial charge in [0.2, 0.25) is 0 Å². The van der Waals surface area contributed by atoms with E-state index in [-0.39, 0.29) is 25.5 Å². The minimum Gasteiger partial charge on any atom is -0.495 e. The topological polar surface area (TPSA) is 68.3 Å². The lowest BCUT2D eigenvalue weighted by Gasteiger charge is -2.36. The van der Waals surface area contributed by atoms with Gasteiger partial charge >= 0.3 is 5.97 Å². The zero-order valence-corrected chi connectivity index (χ0v) is 16.6. The molecule has 154 valence electrons. The van der Waals surface area contributed by atoms with Crippen LogP contribution >= 0.6 is 0 Å². The molecule has 0 unspecified atom stereocenters. The van der Waals surface area contributed by atoms with Crippen LogP contribution in [0.5, 0.6) is 11.5 Å². The van der Waals surface area contributed by atoms with Crippen molar-refractivity contribution in [2.45, 2.75) is 6.42 Å². The molecule has 1 fully saturated rings. The molecule has 1 aliphatic heterocycles. The number of anilines is 1. The molecule has 1 heterocycles. The van der Waals surface area contributed by atoms with Crippen molar-refractivity contribution in [3.63, 3.8) is 0 Å². The average Bonchev–Trinajstić information content (AvgIpc) is 2.78. The smallest absolute Gasteiger partial charge is 0.309 e. The van der Waals surface area contributed by atoms with Crippen molar-refractivity contribution in [1.29, 1.82) is 0 Å². The molecule has 7 heteroatoms. The van der Waals surface area contributed by atoms with Crippen molar-refractivity contribution in [2.24, 2.45) is 0 Å². The standard InChI is InChI=1S/C22H26N2O5/c1-27-20-10-6-5-9-19(20)23-12-14-24(15-13-23)21(25)17-29-22(26)11-16-28-18-7-3-2-4-8-18/h2-10H,11-17H2,1H3. The number of para-hydroxylation sites is 3. The monoisotopic (exact) mass is 398 g/mol. The van der Waals surface area contributed by atoms with E-state index in [9.17, 15) is 9.59 Å². The molecule has 0 saturated carbocycles. The number of benzene rings is 2. The summed E-state index contributed by atoms with van der Waals surface area (Å²) in [6.07, 6.45) is 0.101. The third kappa shape index (κ3) is 5.88. The van der Waals surface area contributed by atoms with Crippen LogP contribution in [0, 0.1) is 0 Å². The van der Waals surface area contributed by atoms with Crippen molar-refractivity contribution in [3.05, 3.63) is 54.6 Å². The number of carbonyl (C=O) groups excluding carboxylic acids is 2. The van der Waals surface area contributed by atoms with Crippen LogP contribution in [-0.2, 0) is 14.3 Å². The van der Waals surface area contributed by atoms with Gasteiger partial charge in [0.25, 0.3) is 5.91 Å². The van der Waals surface area contributed by atoms with E-state index in [4.69, 9.17) is 14.2 Å². The summed E-state index contributed by atoms with van der Waals surface area (Å²) < 4.78 is 16.0. The van der Waals surface area contributed by atoms with Gasteiger partial charge in [0.1, 0.15) is 11.5 Å². The number of esters is 1. The Morgan fingerprint density at radius 3 is 2.34 bits per heavy atom. The van der Waals surface area contributed by atoms with Crippen molar-refractivity contribution in [2.75, 3.05) is 51.4 Å². The first kappa shape index (κ1) is 20.5. The van der Waals surface area contributed by atoms with Gasteiger partial charge in [-0.1, -0.05) is 30.3 Å². The Hall–Kier alpha value is -3.22. The molecule has 1 aliphatic rings. The van der Waals surface area contributed by atoms with Gasteiger partial charge in [-0.3, -0.25) is 9.59 Å². The maximum Gasteiger partial charge on any atom is 0.309 e. The maximum absolute atomic E-state index is 12.3. The lowest BCUT2D eigenvalue weighted by molar-refractivity contribution is -0.152. The number of carbonyl (C=O) groups is 2. The molecule has 1 amide bonds. The predicted molar refractivity (Wildman–Crippen MR) is 109 cm³/mol. The molecular formula is C22H26N2O5. The van der Waals surface area contributed by atoms with Crippen molar-refractivity contribution >= 4 is 17.6 Å². The van der Waals surface area contributed by atoms with Crippen LogP contribution in [0.2, 0.25) is 0 Å². The van der Waals surface area contributed by atoms with Crippen molar-refractivity contribution < 1.29 is 23.8 Å². The first-order valence-electron chi connectivity index (χ1n) is 9.66. The summed E-state index contributed by atoms with van der Waals surface area (Å²) in [5.41, 5.74) is 1.02. The summed E-state index contributed by atoms with van der Waals surface area (Å²) in [6.45, 7) is 2.53. The lowest BCUT2D eigenvalue weighted by Crippen LogP contribution is -2.50. The molecule has 0 aliphatic carbocycles. The highest BCUT2D eigenvalue weighted by Gasteiger charge is 2.23. The average molecular weight is 398 g/mol. The molecule has 2 aromatic carbocycles. The number of nitrogens with zero attached hydrogens (tertiary/aromatic N) is 2. The van der Waals surface area contributed by atoms with Crippen LogP contribution in [0.1, 0.15) is 6.42 Å². The zero-order chi connectivity index (χ0) is 20.5. The molecular weight excluding hydrogens is 372 g/mol. The van der Waals surface area contributed by atoms with Gasteiger partial charge in [-0.05, 0) is 24.3 Å². The van der Waals surface area contributed by atoms with Crippen LogP contribution in [0.3, 0.4) is 0 Å². The van der Waals surface area contributed by atoms with Crippen molar-refractivity contribution in [1.82, 2.24) is 4.90 Å². The molecule has 3 rings (SSSR count). The van der Waals surface area contributed by atoms with Gasteiger partial charge in [0, 0.05) is 26.2 Å². The fraction of sp³-hybridized carbons (Fsp3) is 0.364. The molecule has 29 heavy (non-hydrogen) atoms. The second kappa shape index (κ2) is 10.4. The van der Waals surface area contributed by atoms with Crippen LogP contribution in [0.25, 0.3) is 0 Å². The largest absolute Gasteiger partial charge is 0.495 e. The van der Waals surface area contributed by atoms with Crippen LogP contribution < -0.4 is 14.4 Å². The quantitative estimate of drug-likeness (QED) is 0.636. The van der Waals surface area contributed by atoms with E-state index in [0.29, 0.717) is 31.9 Å². The molecule has 7 nitrogen and oxygen atoms in total. The summed E-state index contributed by atoms with van der Waals surface area (Å²) >= 11 is 0. The first-order valence-corrected chi connectivity index (χ1v) is 9.66. The number of methoxy groups -OCH3 is 1. The summed E-state index contributed by atoms with van der Waals surface area (Å²) in [4.78, 5) is 28.1. The first-order chi connectivity index (χ1) is 14.2. The molecule has 0 radical (unpaired) electrons. The molecule has 2 aromatic rings. The Bertz CT molecular complexity index is 804. The number of amides is 1. The van der Waals surface area contributed by atoms with Crippen molar-refractivity contribution in [3.8, 4) is 11.5 Å². The summed E-state index contributed by atoms with van der Waals surface area (Å²) in [5, 5.41) is 0. The minimum absolute atomic E-state index is 0.101. The second-order valence-electron chi connectivity index (χ2n) is 6.61. The lowest BCUT2D eigenvalue weighted by atomic mass is 10.2. The highest BCUT2D eigenvalue weighted by Crippen LogP contribution is 2.28. The van der Waals surface area contributed by atoms with Gasteiger partial charge in [0.05, 0.1) is 25.8 Å². The van der Waals surface area contributed by atoms with E-state index in [0.717, 1.165) is 11.4 Å². The van der Waals surface area contributed by atoms with Crippen LogP contribution in [0.15, 0.2) is 54.6 Å². The molecule has 0 N–H and O–H groups in total. The summed E-state index contributed by atoms with van der Waals surface area (Å²) in [6, 6.07) is 17.1. The van der Waals surface area contributed by atoms with E-state index in [1.807, 2.05) is 54.6 Å². The number of hydrogen-bond donors (Lipinski definition) is 0. The van der Waals surface area contributed by atoms with E-state index in [1.54, 1.807) is 12.0 Å².